The van der Waals surface area contributed by atoms with E-state index in [1.807, 2.05) is 97.3 Å². The van der Waals surface area contributed by atoms with Gasteiger partial charge in [0, 0.05) is 198 Å². The molecule has 7 aromatic heterocycles. The number of nitrogens with one attached hydrogen (secondary N) is 1. The largest absolute Gasteiger partial charge is 0.394 e. The number of pyridine rings is 7. The van der Waals surface area contributed by atoms with E-state index in [9.17, 15) is 25.6 Å². The van der Waals surface area contributed by atoms with Crippen molar-refractivity contribution in [3.63, 3.8) is 0 Å². The van der Waals surface area contributed by atoms with Gasteiger partial charge in [0.2, 0.25) is 0 Å². The summed E-state index contributed by atoms with van der Waals surface area (Å²) in [5.74, 6) is 3.11. The first-order valence-corrected chi connectivity index (χ1v) is 55.9. The van der Waals surface area contributed by atoms with Crippen LogP contribution in [0, 0.1) is 38.9 Å². The van der Waals surface area contributed by atoms with Crippen LogP contribution in [-0.2, 0) is 59.0 Å². The molecule has 3 N–H and O–H groups in total. The van der Waals surface area contributed by atoms with E-state index in [0.29, 0.717) is 67.6 Å². The van der Waals surface area contributed by atoms with Crippen molar-refractivity contribution in [1.82, 2.24) is 30.1 Å². The fourth-order valence-electron chi connectivity index (χ4n) is 20.2. The van der Waals surface area contributed by atoms with Crippen LogP contribution in [0.3, 0.4) is 0 Å². The number of alkyl halides is 3. The van der Waals surface area contributed by atoms with Crippen molar-refractivity contribution in [2.75, 3.05) is 92.1 Å². The Kier molecular flexibility index (Phi) is 44.3. The Labute approximate surface area is 803 Å². The van der Waals surface area contributed by atoms with Crippen LogP contribution in [0.4, 0.5) is 0 Å². The van der Waals surface area contributed by atoms with Gasteiger partial charge in [-0.15, -0.1) is 0 Å². The Balaban J connectivity index is 0.000000142. The molecule has 5 saturated carbocycles. The van der Waals surface area contributed by atoms with Gasteiger partial charge in [-0.25, -0.2) is 0 Å². The molecule has 7 aromatic rings. The predicted molar refractivity (Wildman–Crippen MR) is 506 cm³/mol. The van der Waals surface area contributed by atoms with Crippen LogP contribution in [0.2, 0.25) is 0 Å². The first-order chi connectivity index (χ1) is 63.2. The Hall–Kier alpha value is -6.11. The minimum Gasteiger partial charge on any atom is -0.394 e. The van der Waals surface area contributed by atoms with Gasteiger partial charge in [-0.2, -0.15) is 37.1 Å². The van der Waals surface area contributed by atoms with Gasteiger partial charge < -0.3 is 79.7 Å². The number of carbonyl (C=O) groups is 1. The number of ether oxygens (including phenoxy) is 8. The maximum atomic E-state index is 11.8. The summed E-state index contributed by atoms with van der Waals surface area (Å²) < 4.78 is 48.6. The number of ketones is 1. The minimum absolute atomic E-state index is 0.223. The molecule has 14 aliphatic rings. The molecule has 21 rings (SSSR count). The van der Waals surface area contributed by atoms with Crippen LogP contribution in [0.25, 0.3) is 5.57 Å². The van der Waals surface area contributed by atoms with Gasteiger partial charge >= 0.3 is 30.0 Å². The third-order valence-corrected chi connectivity index (χ3v) is 27.5. The number of hydrogen-bond donors (Lipinski definition) is 2. The molecule has 0 aromatic carbocycles. The number of carbonyl (C=O) groups excluding carboxylic acids is 1. The molecule has 12 fully saturated rings. The number of aromatic nitrogens is 7. The van der Waals surface area contributed by atoms with Crippen LogP contribution in [0.15, 0.2) is 188 Å². The van der Waals surface area contributed by atoms with Crippen molar-refractivity contribution in [2.24, 2.45) is 17.6 Å². The van der Waals surface area contributed by atoms with Crippen molar-refractivity contribution in [3.05, 3.63) is 250 Å². The summed E-state index contributed by atoms with van der Waals surface area (Å²) in [5.41, 5.74) is 14.7. The summed E-state index contributed by atoms with van der Waals surface area (Å²) in [6.07, 6.45) is 49.0. The Morgan fingerprint density at radius 1 is 0.462 bits per heavy atom. The SMILES string of the molecule is C1=C(c2ccccn2)CCC2(C1)OCCO2.CC1=CCC2(CC1)OCCO2.CC1CCN(C2CCC(c3cccc[n+]3[O-])CC2)C1.C[C@@H]1CCNC1.ClC(Cl)Cl.NC1CCN(C2CCC(c3cccc[n+]3[O-])CC2)C1.O=C1CCC(c2cccc[n+]2[O-])CC1.[O-][n+]1ccccc1C1CCC2(CC1)OCCO2.[Zn+][Br].[c-]1ccccn1.c1ccc(C2CCC3(CC2)OCCO3)nc1. The molecule has 706 valence electrons. The quantitative estimate of drug-likeness (QED) is 0.0357. The van der Waals surface area contributed by atoms with Crippen LogP contribution >= 0.6 is 48.4 Å². The zero-order chi connectivity index (χ0) is 91.8. The molecule has 29 heteroatoms. The van der Waals surface area contributed by atoms with Crippen LogP contribution in [-0.4, -0.2) is 168 Å². The Morgan fingerprint density at radius 2 is 0.877 bits per heavy atom. The van der Waals surface area contributed by atoms with Gasteiger partial charge in [-0.3, -0.25) is 19.7 Å². The number of Topliss-reactive ketones (excluding diaryl/α,β-unsaturated/α-hetero) is 1. The van der Waals surface area contributed by atoms with Crippen LogP contribution < -0.4 is 30.0 Å². The zero-order valence-corrected chi connectivity index (χ0v) is 83.5. The van der Waals surface area contributed by atoms with Gasteiger partial charge in [0.15, 0.2) is 75.0 Å². The van der Waals surface area contributed by atoms with E-state index >= 15 is 0 Å². The molecule has 130 heavy (non-hydrogen) atoms. The molecule has 0 bridgehead atoms. The number of nitrogens with two attached hydrogens (primary N) is 1. The summed E-state index contributed by atoms with van der Waals surface area (Å²) in [7, 11) is 0. The zero-order valence-electron chi connectivity index (χ0n) is 76.7. The predicted octanol–water partition coefficient (Wildman–Crippen LogP) is 18.4. The molecular weight excluding hydrogens is 1830 g/mol. The van der Waals surface area contributed by atoms with Gasteiger partial charge in [0.25, 0.3) is 0 Å². The number of likely N-dealkylation sites (tertiary alicyclic amines) is 2. The summed E-state index contributed by atoms with van der Waals surface area (Å²) in [6, 6.07) is 42.1. The fourth-order valence-corrected chi connectivity index (χ4v) is 20.2. The Bertz CT molecular complexity index is 4290. The molecule has 24 nitrogen and oxygen atoms in total. The first-order valence-electron chi connectivity index (χ1n) is 47.7. The van der Waals surface area contributed by atoms with E-state index in [-0.39, 0.29) is 29.1 Å². The van der Waals surface area contributed by atoms with Crippen molar-refractivity contribution in [1.29, 1.82) is 0 Å². The average molecular weight is 1970 g/mol. The summed E-state index contributed by atoms with van der Waals surface area (Å²) in [4.78, 5) is 28.7. The third kappa shape index (κ3) is 33.4. The molecule has 7 saturated heterocycles. The van der Waals surface area contributed by atoms with Crippen molar-refractivity contribution in [3.8, 4) is 0 Å². The van der Waals surface area contributed by atoms with Crippen molar-refractivity contribution < 1.29 is 78.0 Å². The molecule has 4 spiro atoms. The molecular formula is C101H139BrCl3N11O13Zn. The van der Waals surface area contributed by atoms with E-state index in [1.54, 1.807) is 49.1 Å². The van der Waals surface area contributed by atoms with E-state index in [1.165, 1.54) is 117 Å². The molecule has 0 radical (unpaired) electrons. The summed E-state index contributed by atoms with van der Waals surface area (Å²) in [5, 5.41) is 50.0. The molecule has 2 unspecified atom stereocenters. The van der Waals surface area contributed by atoms with Gasteiger partial charge in [-0.1, -0.05) is 115 Å². The molecule has 7 aliphatic carbocycles. The van der Waals surface area contributed by atoms with E-state index in [2.05, 4.69) is 101 Å². The van der Waals surface area contributed by atoms with Gasteiger partial charge in [-0.05, 0) is 190 Å². The number of hydrogen-bond acceptors (Lipinski definition) is 20. The second-order valence-corrected chi connectivity index (χ2v) is 38.5. The standard InChI is InChI=1S/C16H24N2O.C15H23N3O.C13H17NO3.C13H17NO2.C13H15NO2.C11H13NO2.C9H14O2.C5H11N.C5H4N.CHCl3.BrH.Zn/c1-13-9-11-17(12-13)15-7-5-14(6-8-15)16-4-2-3-10-18(16)19;16-13-8-10-17(11-13)14-6-4-12(5-7-14)15-3-1-2-9-18(15)19;15-14-8-2-1-3-12(14)11-4-6-13(7-5-11)16-9-10-17-13;2*1-2-8-14-12(3-1)11-4-6-13(7-5-11)15-9-10-16-13;13-10-6-4-9(5-7-10)11-3-1-2-8-12(11)14;1-8-2-4-9(5-3-8)10-6-7-11-9;1-5-2-3-6-4-5;1-2-4-6-5-3-1;2-1(3)4;;/h2-4,10,13-15H,5-9,11-12H2,1H3;1-3,9,12-14H,4-8,10-11,16H2;1-3,8,11H,4-7,9-10H2;1-3,8,11H,4-7,9-10H2;1-4,8H,5-7,9-10H2;1-3,8-9H,4-7H2;2H,3-7H2,1H3;5-6H,2-4H2,1H3;1-4H;1H;1H;/q;;;;;;;;-1;;;+2/p-1/t;;;;;;;5-;;;;/m.......1..../s1. The minimum atomic E-state index is -0.750. The van der Waals surface area contributed by atoms with Gasteiger partial charge in [0.05, 0.1) is 58.5 Å². The number of halogens is 4. The van der Waals surface area contributed by atoms with Gasteiger partial charge in [0.1, 0.15) is 5.78 Å². The van der Waals surface area contributed by atoms with Crippen molar-refractivity contribution >= 4 is 59.8 Å². The van der Waals surface area contributed by atoms with Crippen LogP contribution in [0.5, 0.6) is 0 Å². The number of allylic oxidation sites excluding steroid dienone is 2. The van der Waals surface area contributed by atoms with Crippen LogP contribution in [0.1, 0.15) is 271 Å². The first kappa shape index (κ1) is 104. The molecule has 14 heterocycles. The fraction of sp³-hybridized carbons (Fsp3) is 0.604. The molecule has 7 aliphatic heterocycles. The topological polar surface area (TPSA) is 282 Å². The monoisotopic (exact) mass is 1960 g/mol. The number of rotatable bonds is 8. The van der Waals surface area contributed by atoms with E-state index in [4.69, 9.17) is 78.4 Å². The normalized spacial score (nSPS) is 25.8. The maximum Gasteiger partial charge on any atom is 0.168 e. The average Bonchev–Trinajstić information content (AvgIpc) is 1.60. The summed E-state index contributed by atoms with van der Waals surface area (Å²) >= 11 is 18.7. The second-order valence-electron chi connectivity index (χ2n) is 36.5. The number of nitrogens with zero attached hydrogens (tertiary/aromatic N) is 9. The smallest absolute Gasteiger partial charge is 0.168 e. The second kappa shape index (κ2) is 55.2. The van der Waals surface area contributed by atoms with E-state index < -0.39 is 4.30 Å². The molecule has 0 amide bonds. The van der Waals surface area contributed by atoms with Crippen molar-refractivity contribution in [2.45, 2.75) is 282 Å². The molecule has 3 atom stereocenters. The van der Waals surface area contributed by atoms with E-state index in [0.717, 1.165) is 240 Å². The third-order valence-electron chi connectivity index (χ3n) is 27.5. The maximum absolute atomic E-state index is 11.8. The summed E-state index contributed by atoms with van der Waals surface area (Å²) in [6.45, 7) is 20.0. The Morgan fingerprint density at radius 3 is 1.22 bits per heavy atom.